The third-order valence-electron chi connectivity index (χ3n) is 4.75. The summed E-state index contributed by atoms with van der Waals surface area (Å²) in [5, 5.41) is 22.3. The number of amides is 1. The number of aromatic nitrogens is 2. The third kappa shape index (κ3) is 5.64. The maximum Gasteiger partial charge on any atom is 0.289 e. The van der Waals surface area contributed by atoms with Crippen LogP contribution in [0, 0.1) is 10.1 Å². The zero-order chi connectivity index (χ0) is 23.9. The molecule has 0 bridgehead atoms. The van der Waals surface area contributed by atoms with Gasteiger partial charge in [-0.15, -0.1) is 0 Å². The molecule has 0 spiro atoms. The van der Waals surface area contributed by atoms with Gasteiger partial charge in [-0.2, -0.15) is 10.2 Å². The van der Waals surface area contributed by atoms with Crippen LogP contribution >= 0.6 is 11.6 Å². The molecule has 170 valence electrons. The van der Waals surface area contributed by atoms with E-state index in [1.807, 2.05) is 36.4 Å². The van der Waals surface area contributed by atoms with Crippen molar-refractivity contribution >= 4 is 29.4 Å². The zero-order valence-electron chi connectivity index (χ0n) is 17.6. The van der Waals surface area contributed by atoms with Crippen LogP contribution in [0.4, 0.5) is 5.69 Å². The summed E-state index contributed by atoms with van der Waals surface area (Å²) in [6.07, 6.45) is 1.32. The quantitative estimate of drug-likeness (QED) is 0.211. The van der Waals surface area contributed by atoms with Crippen LogP contribution in [-0.4, -0.2) is 27.2 Å². The minimum absolute atomic E-state index is 0.0644. The number of nitrogens with one attached hydrogen (secondary N) is 2. The van der Waals surface area contributed by atoms with Gasteiger partial charge in [-0.25, -0.2) is 5.43 Å². The molecule has 1 heterocycles. The predicted molar refractivity (Wildman–Crippen MR) is 128 cm³/mol. The van der Waals surface area contributed by atoms with E-state index in [-0.39, 0.29) is 11.4 Å². The topological polar surface area (TPSA) is 123 Å². The Morgan fingerprint density at radius 1 is 1.12 bits per heavy atom. The molecule has 10 heteroatoms. The lowest BCUT2D eigenvalue weighted by atomic mass is 10.1. The van der Waals surface area contributed by atoms with Crippen molar-refractivity contribution in [3.63, 3.8) is 0 Å². The second-order valence-electron chi connectivity index (χ2n) is 7.13. The number of ether oxygens (including phenoxy) is 1. The van der Waals surface area contributed by atoms with E-state index in [0.29, 0.717) is 34.2 Å². The highest BCUT2D eigenvalue weighted by Gasteiger charge is 2.14. The van der Waals surface area contributed by atoms with Gasteiger partial charge in [0, 0.05) is 28.3 Å². The molecule has 3 aromatic carbocycles. The van der Waals surface area contributed by atoms with E-state index >= 15 is 0 Å². The molecule has 0 aliphatic carbocycles. The zero-order valence-corrected chi connectivity index (χ0v) is 18.4. The minimum atomic E-state index is -0.514. The van der Waals surface area contributed by atoms with Crippen LogP contribution < -0.4 is 10.2 Å². The van der Waals surface area contributed by atoms with E-state index in [9.17, 15) is 14.9 Å². The molecule has 0 unspecified atom stereocenters. The van der Waals surface area contributed by atoms with E-state index in [0.717, 1.165) is 5.56 Å². The van der Waals surface area contributed by atoms with Crippen molar-refractivity contribution < 1.29 is 14.5 Å². The lowest BCUT2D eigenvalue weighted by molar-refractivity contribution is -0.384. The third-order valence-corrected chi connectivity index (χ3v) is 5.01. The van der Waals surface area contributed by atoms with Crippen LogP contribution in [-0.2, 0) is 6.61 Å². The molecule has 1 aromatic heterocycles. The monoisotopic (exact) mass is 475 g/mol. The number of non-ortho nitro benzene ring substituents is 1. The molecule has 0 radical (unpaired) electrons. The van der Waals surface area contributed by atoms with Crippen LogP contribution in [0.3, 0.4) is 0 Å². The number of aromatic amines is 1. The van der Waals surface area contributed by atoms with Crippen LogP contribution in [0.25, 0.3) is 11.3 Å². The number of rotatable bonds is 8. The van der Waals surface area contributed by atoms with Gasteiger partial charge in [0.2, 0.25) is 0 Å². The summed E-state index contributed by atoms with van der Waals surface area (Å²) in [6, 6.07) is 22.2. The van der Waals surface area contributed by atoms with Crippen molar-refractivity contribution in [3.8, 4) is 17.0 Å². The van der Waals surface area contributed by atoms with Crippen molar-refractivity contribution in [1.29, 1.82) is 0 Å². The second kappa shape index (κ2) is 10.4. The van der Waals surface area contributed by atoms with E-state index in [1.165, 1.54) is 24.4 Å². The van der Waals surface area contributed by atoms with Crippen molar-refractivity contribution in [2.75, 3.05) is 0 Å². The summed E-state index contributed by atoms with van der Waals surface area (Å²) >= 11 is 5.92. The van der Waals surface area contributed by atoms with Gasteiger partial charge in [0.1, 0.15) is 18.1 Å². The Morgan fingerprint density at radius 3 is 2.71 bits per heavy atom. The highest BCUT2D eigenvalue weighted by molar-refractivity contribution is 6.30. The van der Waals surface area contributed by atoms with E-state index < -0.39 is 10.8 Å². The number of benzene rings is 3. The van der Waals surface area contributed by atoms with Gasteiger partial charge in [-0.05, 0) is 35.9 Å². The average molecular weight is 476 g/mol. The number of nitro groups is 1. The Morgan fingerprint density at radius 2 is 1.91 bits per heavy atom. The van der Waals surface area contributed by atoms with Crippen molar-refractivity contribution in [2.45, 2.75) is 6.61 Å². The number of para-hydroxylation sites is 1. The van der Waals surface area contributed by atoms with Crippen LogP contribution in [0.2, 0.25) is 5.02 Å². The lowest BCUT2D eigenvalue weighted by Gasteiger charge is -2.10. The van der Waals surface area contributed by atoms with Crippen LogP contribution in [0.1, 0.15) is 21.6 Å². The normalized spacial score (nSPS) is 10.9. The number of hydrogen-bond acceptors (Lipinski definition) is 6. The van der Waals surface area contributed by atoms with E-state index in [4.69, 9.17) is 16.3 Å². The number of carbonyl (C=O) groups is 1. The summed E-state index contributed by atoms with van der Waals surface area (Å²) in [4.78, 5) is 22.8. The lowest BCUT2D eigenvalue weighted by Crippen LogP contribution is -2.18. The van der Waals surface area contributed by atoms with Crippen LogP contribution in [0.5, 0.6) is 5.75 Å². The number of nitrogens with zero attached hydrogens (tertiary/aromatic N) is 3. The maximum absolute atomic E-state index is 12.4. The van der Waals surface area contributed by atoms with Crippen LogP contribution in [0.15, 0.2) is 84.0 Å². The molecule has 2 N–H and O–H groups in total. The molecule has 0 fully saturated rings. The first-order chi connectivity index (χ1) is 16.5. The highest BCUT2D eigenvalue weighted by Crippen LogP contribution is 2.29. The fourth-order valence-corrected chi connectivity index (χ4v) is 3.19. The molecule has 0 saturated carbocycles. The van der Waals surface area contributed by atoms with Gasteiger partial charge >= 0.3 is 0 Å². The number of H-pyrrole nitrogens is 1. The fourth-order valence-electron chi connectivity index (χ4n) is 3.07. The highest BCUT2D eigenvalue weighted by atomic mass is 35.5. The van der Waals surface area contributed by atoms with Crippen molar-refractivity contribution in [1.82, 2.24) is 15.6 Å². The fraction of sp³-hybridized carbons (Fsp3) is 0.0417. The Hall–Kier alpha value is -4.50. The number of hydrogen-bond donors (Lipinski definition) is 2. The molecule has 4 aromatic rings. The number of hydrazone groups is 1. The Bertz CT molecular complexity index is 1350. The molecule has 34 heavy (non-hydrogen) atoms. The number of carbonyl (C=O) groups excluding carboxylic acids is 1. The summed E-state index contributed by atoms with van der Waals surface area (Å²) in [5.74, 6) is 0.0968. The first kappa shape index (κ1) is 22.7. The second-order valence-corrected chi connectivity index (χ2v) is 7.57. The first-order valence-electron chi connectivity index (χ1n) is 10.1. The van der Waals surface area contributed by atoms with Gasteiger partial charge in [0.25, 0.3) is 11.6 Å². The molecule has 1 amide bonds. The largest absolute Gasteiger partial charge is 0.488 e. The molecule has 9 nitrogen and oxygen atoms in total. The standard InChI is InChI=1S/C24H18ClN5O4/c25-18-10-8-16(9-11-18)15-34-23-7-2-1-6-20(23)21-13-22(28-27-21)24(31)29-26-14-17-4-3-5-19(12-17)30(32)33/h1-14H,15H2,(H,27,28)(H,29,31)/b26-14-. The minimum Gasteiger partial charge on any atom is -0.488 e. The maximum atomic E-state index is 12.4. The molecule has 0 atom stereocenters. The van der Waals surface area contributed by atoms with E-state index in [1.54, 1.807) is 24.3 Å². The molecule has 0 aliphatic rings. The predicted octanol–water partition coefficient (Wildman–Crippen LogP) is 4.98. The Balaban J connectivity index is 1.43. The van der Waals surface area contributed by atoms with Gasteiger partial charge in [0.15, 0.2) is 0 Å². The Kier molecular flexibility index (Phi) is 6.95. The molecule has 0 saturated heterocycles. The summed E-state index contributed by atoms with van der Waals surface area (Å²) in [7, 11) is 0. The summed E-state index contributed by atoms with van der Waals surface area (Å²) in [6.45, 7) is 0.346. The van der Waals surface area contributed by atoms with Crippen molar-refractivity contribution in [2.24, 2.45) is 5.10 Å². The first-order valence-corrected chi connectivity index (χ1v) is 10.5. The molecular weight excluding hydrogens is 458 g/mol. The molecular formula is C24H18ClN5O4. The van der Waals surface area contributed by atoms with Crippen molar-refractivity contribution in [3.05, 3.63) is 111 Å². The summed E-state index contributed by atoms with van der Waals surface area (Å²) in [5.41, 5.74) is 5.18. The van der Waals surface area contributed by atoms with Gasteiger partial charge in [0.05, 0.1) is 16.8 Å². The van der Waals surface area contributed by atoms with Gasteiger partial charge in [-0.3, -0.25) is 20.0 Å². The summed E-state index contributed by atoms with van der Waals surface area (Å²) < 4.78 is 5.96. The van der Waals surface area contributed by atoms with E-state index in [2.05, 4.69) is 20.7 Å². The molecule has 0 aliphatic heterocycles. The SMILES string of the molecule is O=C(N/N=C\c1cccc([N+](=O)[O-])c1)c1cc(-c2ccccc2OCc2ccc(Cl)cc2)n[nH]1. The van der Waals surface area contributed by atoms with Gasteiger partial charge < -0.3 is 4.74 Å². The van der Waals surface area contributed by atoms with Gasteiger partial charge in [-0.1, -0.05) is 48.0 Å². The average Bonchev–Trinajstić information content (AvgIpc) is 3.34. The Labute approximate surface area is 199 Å². The number of nitro benzene ring substituents is 1. The molecule has 4 rings (SSSR count). The number of halogens is 1. The smallest absolute Gasteiger partial charge is 0.289 e.